The van der Waals surface area contributed by atoms with E-state index < -0.39 is 0 Å². The fourth-order valence-corrected chi connectivity index (χ4v) is 1.71. The normalized spacial score (nSPS) is 19.2. The maximum absolute atomic E-state index is 4.12. The third-order valence-electron chi connectivity index (χ3n) is 1.93. The second-order valence-electron chi connectivity index (χ2n) is 2.89. The highest BCUT2D eigenvalue weighted by molar-refractivity contribution is 6.99. The fraction of sp³-hybridized carbons (Fsp3) is 0.500. The van der Waals surface area contributed by atoms with Gasteiger partial charge in [-0.2, -0.15) is 8.75 Å². The summed E-state index contributed by atoms with van der Waals surface area (Å²) in [4.78, 5) is 0. The highest BCUT2D eigenvalue weighted by Gasteiger charge is 2.03. The van der Waals surface area contributed by atoms with Gasteiger partial charge in [0.25, 0.3) is 0 Å². The van der Waals surface area contributed by atoms with E-state index in [1.165, 1.54) is 30.3 Å². The van der Waals surface area contributed by atoms with Crippen LogP contribution in [-0.4, -0.2) is 15.3 Å². The van der Waals surface area contributed by atoms with Crippen LogP contribution in [0.25, 0.3) is 6.08 Å². The summed E-state index contributed by atoms with van der Waals surface area (Å²) in [5, 5.41) is 3.36. The molecule has 3 nitrogen and oxygen atoms in total. The molecule has 1 aliphatic heterocycles. The second-order valence-corrected chi connectivity index (χ2v) is 3.44. The molecule has 5 heteroatoms. The van der Waals surface area contributed by atoms with Gasteiger partial charge in [-0.25, -0.2) is 0 Å². The number of piperidine rings is 1. The predicted octanol–water partition coefficient (Wildman–Crippen LogP) is 2.07. The Hall–Kier alpha value is -0.610. The molecule has 0 bridgehead atoms. The zero-order valence-corrected chi connectivity index (χ0v) is 8.83. The van der Waals surface area contributed by atoms with Gasteiger partial charge in [-0.3, -0.25) is 0 Å². The molecule has 2 rings (SSSR count). The molecule has 0 aliphatic carbocycles. The Morgan fingerprint density at radius 3 is 3.00 bits per heavy atom. The first-order valence-electron chi connectivity index (χ1n) is 4.17. The molecule has 2 heterocycles. The molecule has 1 N–H and O–H groups in total. The second kappa shape index (κ2) is 5.19. The van der Waals surface area contributed by atoms with Crippen molar-refractivity contribution in [3.05, 3.63) is 17.6 Å². The Bertz CT molecular complexity index is 263. The van der Waals surface area contributed by atoms with Crippen LogP contribution in [0.1, 0.15) is 25.0 Å². The smallest absolute Gasteiger partial charge is 0.0986 e. The number of halogens is 1. The van der Waals surface area contributed by atoms with E-state index in [2.05, 4.69) is 20.1 Å². The van der Waals surface area contributed by atoms with Crippen molar-refractivity contribution in [3.63, 3.8) is 0 Å². The zero-order chi connectivity index (χ0) is 8.23. The molecule has 1 aliphatic rings. The summed E-state index contributed by atoms with van der Waals surface area (Å²) in [6.07, 6.45) is 7.61. The highest BCUT2D eigenvalue weighted by atomic mass is 35.5. The van der Waals surface area contributed by atoms with Gasteiger partial charge in [0.2, 0.25) is 0 Å². The quantitative estimate of drug-likeness (QED) is 0.783. The van der Waals surface area contributed by atoms with Crippen LogP contribution in [0.15, 0.2) is 11.9 Å². The van der Waals surface area contributed by atoms with Gasteiger partial charge in [-0.05, 0) is 25.3 Å². The number of aromatic nitrogens is 2. The van der Waals surface area contributed by atoms with E-state index >= 15 is 0 Å². The van der Waals surface area contributed by atoms with Crippen molar-refractivity contribution in [1.29, 1.82) is 0 Å². The van der Waals surface area contributed by atoms with Crippen molar-refractivity contribution in [3.8, 4) is 0 Å². The Balaban J connectivity index is 0.000000845. The van der Waals surface area contributed by atoms with Crippen molar-refractivity contribution < 1.29 is 0 Å². The first kappa shape index (κ1) is 10.5. The van der Waals surface area contributed by atoms with Crippen molar-refractivity contribution in [1.82, 2.24) is 14.1 Å². The standard InChI is InChI=1S/C8H11N3S.ClH/c1-2-4-9-7(3-1)5-8-6-10-12-11-8;/h5-6,9H,1-4H2;1H. The van der Waals surface area contributed by atoms with Crippen LogP contribution in [0.2, 0.25) is 0 Å². The minimum Gasteiger partial charge on any atom is -0.388 e. The third-order valence-corrected chi connectivity index (χ3v) is 2.42. The van der Waals surface area contributed by atoms with Gasteiger partial charge < -0.3 is 5.32 Å². The summed E-state index contributed by atoms with van der Waals surface area (Å²) in [6.45, 7) is 1.10. The molecular weight excluding hydrogens is 206 g/mol. The van der Waals surface area contributed by atoms with E-state index in [9.17, 15) is 0 Å². The van der Waals surface area contributed by atoms with E-state index in [-0.39, 0.29) is 12.4 Å². The molecule has 1 saturated heterocycles. The summed E-state index contributed by atoms with van der Waals surface area (Å²) < 4.78 is 8.07. The molecule has 1 aromatic heterocycles. The topological polar surface area (TPSA) is 37.8 Å². The first-order valence-corrected chi connectivity index (χ1v) is 4.90. The van der Waals surface area contributed by atoms with Crippen molar-refractivity contribution >= 4 is 30.2 Å². The van der Waals surface area contributed by atoms with Gasteiger partial charge in [-0.15, -0.1) is 12.4 Å². The number of hydrogen-bond donors (Lipinski definition) is 1. The summed E-state index contributed by atoms with van der Waals surface area (Å²) in [6, 6.07) is 0. The Labute approximate surface area is 88.0 Å². The van der Waals surface area contributed by atoms with Gasteiger partial charge in [0, 0.05) is 12.2 Å². The Kier molecular flexibility index (Phi) is 4.18. The van der Waals surface area contributed by atoms with E-state index in [1.807, 2.05) is 0 Å². The van der Waals surface area contributed by atoms with E-state index in [0.717, 1.165) is 18.7 Å². The van der Waals surface area contributed by atoms with Crippen molar-refractivity contribution in [2.75, 3.05) is 6.54 Å². The van der Waals surface area contributed by atoms with Crippen molar-refractivity contribution in [2.45, 2.75) is 19.3 Å². The lowest BCUT2D eigenvalue weighted by molar-refractivity contribution is 0.592. The number of hydrogen-bond acceptors (Lipinski definition) is 4. The van der Waals surface area contributed by atoms with E-state index in [4.69, 9.17) is 0 Å². The van der Waals surface area contributed by atoms with Crippen LogP contribution < -0.4 is 5.32 Å². The average Bonchev–Trinajstić information content (AvgIpc) is 2.59. The fourth-order valence-electron chi connectivity index (χ4n) is 1.31. The minimum absolute atomic E-state index is 0. The van der Waals surface area contributed by atoms with Crippen LogP contribution in [0, 0.1) is 0 Å². The Morgan fingerprint density at radius 2 is 2.38 bits per heavy atom. The largest absolute Gasteiger partial charge is 0.388 e. The highest BCUT2D eigenvalue weighted by Crippen LogP contribution is 2.13. The first-order chi connectivity index (χ1) is 5.95. The summed E-state index contributed by atoms with van der Waals surface area (Å²) >= 11 is 1.26. The molecule has 0 aromatic carbocycles. The van der Waals surface area contributed by atoms with Gasteiger partial charge >= 0.3 is 0 Å². The molecular formula is C8H12ClN3S. The summed E-state index contributed by atoms with van der Waals surface area (Å²) in [5.74, 6) is 0. The van der Waals surface area contributed by atoms with E-state index in [0.29, 0.717) is 0 Å². The third kappa shape index (κ3) is 2.97. The van der Waals surface area contributed by atoms with Gasteiger partial charge in [0.1, 0.15) is 0 Å². The molecule has 72 valence electrons. The SMILES string of the molecule is C(=C1CCCCN1)c1cnsn1.Cl. The average molecular weight is 218 g/mol. The van der Waals surface area contributed by atoms with Gasteiger partial charge in [0.05, 0.1) is 23.6 Å². The molecule has 1 fully saturated rings. The maximum atomic E-state index is 4.12. The zero-order valence-electron chi connectivity index (χ0n) is 7.19. The van der Waals surface area contributed by atoms with Crippen LogP contribution in [-0.2, 0) is 0 Å². The van der Waals surface area contributed by atoms with Crippen molar-refractivity contribution in [2.24, 2.45) is 0 Å². The number of allylic oxidation sites excluding steroid dienone is 1. The molecule has 0 amide bonds. The minimum atomic E-state index is 0. The molecule has 13 heavy (non-hydrogen) atoms. The molecule has 0 atom stereocenters. The molecule has 0 spiro atoms. The Morgan fingerprint density at radius 1 is 1.46 bits per heavy atom. The number of rotatable bonds is 1. The lowest BCUT2D eigenvalue weighted by Crippen LogP contribution is -2.19. The van der Waals surface area contributed by atoms with Crippen LogP contribution >= 0.6 is 24.1 Å². The van der Waals surface area contributed by atoms with Gasteiger partial charge in [0.15, 0.2) is 0 Å². The molecule has 0 unspecified atom stereocenters. The molecule has 1 aromatic rings. The summed E-state index contributed by atoms with van der Waals surface area (Å²) in [5.41, 5.74) is 2.28. The summed E-state index contributed by atoms with van der Waals surface area (Å²) in [7, 11) is 0. The molecule has 0 saturated carbocycles. The lowest BCUT2D eigenvalue weighted by atomic mass is 10.1. The van der Waals surface area contributed by atoms with Crippen LogP contribution in [0.3, 0.4) is 0 Å². The van der Waals surface area contributed by atoms with E-state index in [1.54, 1.807) is 6.20 Å². The number of nitrogens with one attached hydrogen (secondary N) is 1. The predicted molar refractivity (Wildman–Crippen MR) is 57.0 cm³/mol. The lowest BCUT2D eigenvalue weighted by Gasteiger charge is -2.15. The maximum Gasteiger partial charge on any atom is 0.0986 e. The number of nitrogens with zero attached hydrogens (tertiary/aromatic N) is 2. The monoisotopic (exact) mass is 217 g/mol. The van der Waals surface area contributed by atoms with Crippen LogP contribution in [0.4, 0.5) is 0 Å². The molecule has 0 radical (unpaired) electrons. The van der Waals surface area contributed by atoms with Crippen LogP contribution in [0.5, 0.6) is 0 Å². The van der Waals surface area contributed by atoms with Gasteiger partial charge in [-0.1, -0.05) is 0 Å².